The second-order valence-electron chi connectivity index (χ2n) is 3.55. The molecule has 0 fully saturated rings. The Morgan fingerprint density at radius 1 is 1.59 bits per heavy atom. The van der Waals surface area contributed by atoms with E-state index in [0.29, 0.717) is 11.4 Å². The predicted molar refractivity (Wildman–Crippen MR) is 66.1 cm³/mol. The molecule has 1 heterocycles. The fourth-order valence-electron chi connectivity index (χ4n) is 1.57. The first-order valence-corrected chi connectivity index (χ1v) is 5.84. The molecule has 0 saturated carbocycles. The maximum atomic E-state index is 11.7. The van der Waals surface area contributed by atoms with Gasteiger partial charge in [0, 0.05) is 11.5 Å². The van der Waals surface area contributed by atoms with E-state index in [-0.39, 0.29) is 25.0 Å². The minimum Gasteiger partial charge on any atom is -0.482 e. The van der Waals surface area contributed by atoms with Gasteiger partial charge in [-0.2, -0.15) is 0 Å². The van der Waals surface area contributed by atoms with E-state index in [0.717, 1.165) is 4.47 Å². The molecule has 0 saturated heterocycles. The number of benzene rings is 1. The van der Waals surface area contributed by atoms with Gasteiger partial charge >= 0.3 is 0 Å². The fourth-order valence-corrected chi connectivity index (χ4v) is 1.91. The van der Waals surface area contributed by atoms with Crippen molar-refractivity contribution in [1.29, 1.82) is 0 Å². The van der Waals surface area contributed by atoms with E-state index in [1.54, 1.807) is 18.2 Å². The monoisotopic (exact) mass is 298 g/mol. The number of anilines is 1. The summed E-state index contributed by atoms with van der Waals surface area (Å²) < 4.78 is 6.18. The number of likely N-dealkylation sites (N-methyl/N-ethyl adjacent to an activating group) is 1. The van der Waals surface area contributed by atoms with Crippen LogP contribution in [0.5, 0.6) is 5.75 Å². The van der Waals surface area contributed by atoms with E-state index in [9.17, 15) is 9.59 Å². The number of ether oxygens (including phenoxy) is 1. The lowest BCUT2D eigenvalue weighted by Gasteiger charge is -2.28. The molecule has 1 N–H and O–H groups in total. The Morgan fingerprint density at radius 3 is 3.06 bits per heavy atom. The van der Waals surface area contributed by atoms with Gasteiger partial charge in [0.05, 0.1) is 5.69 Å². The summed E-state index contributed by atoms with van der Waals surface area (Å²) in [5.41, 5.74) is 0.619. The van der Waals surface area contributed by atoms with Crippen LogP contribution in [0.4, 0.5) is 5.69 Å². The van der Waals surface area contributed by atoms with Crippen LogP contribution in [0.15, 0.2) is 22.7 Å². The summed E-state index contributed by atoms with van der Waals surface area (Å²) in [6.45, 7) is -0.0340. The topological polar surface area (TPSA) is 58.6 Å². The number of hydrogen-bond acceptors (Lipinski definition) is 3. The lowest BCUT2D eigenvalue weighted by atomic mass is 10.2. The predicted octanol–water partition coefficient (Wildman–Crippen LogP) is 0.920. The molecule has 90 valence electrons. The van der Waals surface area contributed by atoms with Crippen LogP contribution in [0.2, 0.25) is 0 Å². The zero-order chi connectivity index (χ0) is 12.4. The first-order valence-electron chi connectivity index (χ1n) is 5.05. The van der Waals surface area contributed by atoms with Crippen LogP contribution in [-0.2, 0) is 9.59 Å². The first-order chi connectivity index (χ1) is 8.11. The maximum Gasteiger partial charge on any atom is 0.265 e. The summed E-state index contributed by atoms with van der Waals surface area (Å²) in [5, 5.41) is 2.49. The average Bonchev–Trinajstić information content (AvgIpc) is 2.32. The van der Waals surface area contributed by atoms with E-state index >= 15 is 0 Å². The number of hydrogen-bond donors (Lipinski definition) is 1. The van der Waals surface area contributed by atoms with Crippen LogP contribution >= 0.6 is 15.9 Å². The summed E-state index contributed by atoms with van der Waals surface area (Å²) in [5.74, 6) is 0.167. The molecule has 0 bridgehead atoms. The molecule has 0 spiro atoms. The number of nitrogens with one attached hydrogen (secondary N) is 1. The van der Waals surface area contributed by atoms with Crippen molar-refractivity contribution in [1.82, 2.24) is 5.32 Å². The van der Waals surface area contributed by atoms with Crippen molar-refractivity contribution in [3.8, 4) is 5.75 Å². The maximum absolute atomic E-state index is 11.7. The number of fused-ring (bicyclic) bond motifs is 1. The van der Waals surface area contributed by atoms with Gasteiger partial charge in [-0.25, -0.2) is 0 Å². The zero-order valence-electron chi connectivity index (χ0n) is 9.20. The van der Waals surface area contributed by atoms with Crippen molar-refractivity contribution >= 4 is 33.4 Å². The third-order valence-corrected chi connectivity index (χ3v) is 2.94. The van der Waals surface area contributed by atoms with Crippen molar-refractivity contribution in [2.75, 3.05) is 25.1 Å². The van der Waals surface area contributed by atoms with Gasteiger partial charge in [-0.3, -0.25) is 14.5 Å². The molecule has 0 aromatic heterocycles. The standard InChI is InChI=1S/C11H11BrN2O3/c1-13-10(15)5-14-8-3-2-7(12)4-9(8)17-6-11(14)16/h2-4H,5-6H2,1H3,(H,13,15). The second-order valence-corrected chi connectivity index (χ2v) is 4.47. The van der Waals surface area contributed by atoms with Crippen LogP contribution in [-0.4, -0.2) is 32.0 Å². The summed E-state index contributed by atoms with van der Waals surface area (Å²) in [6.07, 6.45) is 0. The molecule has 1 aromatic rings. The summed E-state index contributed by atoms with van der Waals surface area (Å²) >= 11 is 3.33. The molecule has 1 aliphatic rings. The van der Waals surface area contributed by atoms with E-state index in [2.05, 4.69) is 21.2 Å². The number of rotatable bonds is 2. The van der Waals surface area contributed by atoms with Gasteiger partial charge in [0.2, 0.25) is 5.91 Å². The molecule has 17 heavy (non-hydrogen) atoms. The van der Waals surface area contributed by atoms with E-state index in [1.165, 1.54) is 11.9 Å². The summed E-state index contributed by atoms with van der Waals surface area (Å²) in [7, 11) is 1.54. The van der Waals surface area contributed by atoms with Gasteiger partial charge < -0.3 is 10.1 Å². The van der Waals surface area contributed by atoms with Gasteiger partial charge in [-0.1, -0.05) is 15.9 Å². The molecule has 5 nitrogen and oxygen atoms in total. The summed E-state index contributed by atoms with van der Waals surface area (Å²) in [6, 6.07) is 5.33. The van der Waals surface area contributed by atoms with E-state index in [1.807, 2.05) is 0 Å². The van der Waals surface area contributed by atoms with Gasteiger partial charge in [-0.05, 0) is 18.2 Å². The molecule has 0 atom stereocenters. The Hall–Kier alpha value is -1.56. The molecule has 2 rings (SSSR count). The molecule has 6 heteroatoms. The third-order valence-electron chi connectivity index (χ3n) is 2.45. The van der Waals surface area contributed by atoms with Gasteiger partial charge in [0.1, 0.15) is 12.3 Å². The zero-order valence-corrected chi connectivity index (χ0v) is 10.8. The number of carbonyl (C=O) groups excluding carboxylic acids is 2. The smallest absolute Gasteiger partial charge is 0.265 e. The van der Waals surface area contributed by atoms with Crippen molar-refractivity contribution < 1.29 is 14.3 Å². The number of halogens is 1. The van der Waals surface area contributed by atoms with E-state index < -0.39 is 0 Å². The molecule has 0 unspecified atom stereocenters. The Labute approximate surface area is 107 Å². The first kappa shape index (κ1) is 11.9. The quantitative estimate of drug-likeness (QED) is 0.883. The molecular weight excluding hydrogens is 288 g/mol. The molecular formula is C11H11BrN2O3. The van der Waals surface area contributed by atoms with Gasteiger partial charge in [0.25, 0.3) is 5.91 Å². The molecule has 0 radical (unpaired) electrons. The van der Waals surface area contributed by atoms with Crippen molar-refractivity contribution in [2.45, 2.75) is 0 Å². The molecule has 0 aliphatic carbocycles. The lowest BCUT2D eigenvalue weighted by molar-refractivity contribution is -0.125. The highest BCUT2D eigenvalue weighted by molar-refractivity contribution is 9.10. The van der Waals surface area contributed by atoms with Crippen LogP contribution in [0, 0.1) is 0 Å². The normalized spacial score (nSPS) is 14.0. The lowest BCUT2D eigenvalue weighted by Crippen LogP contribution is -2.44. The molecule has 2 amide bonds. The Morgan fingerprint density at radius 2 is 2.35 bits per heavy atom. The second kappa shape index (κ2) is 4.75. The fraction of sp³-hybridized carbons (Fsp3) is 0.273. The summed E-state index contributed by atoms with van der Waals surface area (Å²) in [4.78, 5) is 24.5. The van der Waals surface area contributed by atoms with Gasteiger partial charge in [0.15, 0.2) is 6.61 Å². The Kier molecular flexibility index (Phi) is 3.33. The van der Waals surface area contributed by atoms with Crippen LogP contribution in [0.1, 0.15) is 0 Å². The number of nitrogens with zero attached hydrogens (tertiary/aromatic N) is 1. The Balaban J connectivity index is 2.33. The van der Waals surface area contributed by atoms with Crippen molar-refractivity contribution in [2.24, 2.45) is 0 Å². The van der Waals surface area contributed by atoms with Crippen molar-refractivity contribution in [3.63, 3.8) is 0 Å². The highest BCUT2D eigenvalue weighted by Crippen LogP contribution is 2.34. The van der Waals surface area contributed by atoms with Crippen LogP contribution in [0.25, 0.3) is 0 Å². The van der Waals surface area contributed by atoms with Crippen molar-refractivity contribution in [3.05, 3.63) is 22.7 Å². The number of carbonyl (C=O) groups is 2. The van der Waals surface area contributed by atoms with Crippen LogP contribution in [0.3, 0.4) is 0 Å². The van der Waals surface area contributed by atoms with E-state index in [4.69, 9.17) is 4.74 Å². The SMILES string of the molecule is CNC(=O)CN1C(=O)COc2cc(Br)ccc21. The minimum atomic E-state index is -0.219. The number of amides is 2. The molecule has 1 aromatic carbocycles. The third kappa shape index (κ3) is 2.41. The minimum absolute atomic E-state index is 0.00727. The van der Waals surface area contributed by atoms with Crippen LogP contribution < -0.4 is 15.0 Å². The molecule has 1 aliphatic heterocycles. The highest BCUT2D eigenvalue weighted by Gasteiger charge is 2.26. The highest BCUT2D eigenvalue weighted by atomic mass is 79.9. The largest absolute Gasteiger partial charge is 0.482 e. The van der Waals surface area contributed by atoms with Gasteiger partial charge in [-0.15, -0.1) is 0 Å². The average molecular weight is 299 g/mol. The Bertz CT molecular complexity index is 476.